The Bertz CT molecular complexity index is 891. The number of pyridine rings is 1. The van der Waals surface area contributed by atoms with Crippen LogP contribution in [0.4, 0.5) is 5.69 Å². The highest BCUT2D eigenvalue weighted by atomic mass is 79.9. The smallest absolute Gasteiger partial charge is 0.276 e. The van der Waals surface area contributed by atoms with Crippen molar-refractivity contribution in [3.05, 3.63) is 70.3 Å². The van der Waals surface area contributed by atoms with Crippen LogP contribution in [0.25, 0.3) is 10.9 Å². The zero-order chi connectivity index (χ0) is 15.1. The van der Waals surface area contributed by atoms with Gasteiger partial charge in [-0.2, -0.15) is 0 Å². The average molecular weight is 353 g/mol. The van der Waals surface area contributed by atoms with Crippen LogP contribution in [0.5, 0.6) is 0 Å². The molecule has 0 atom stereocenters. The minimum Gasteiger partial charge on any atom is -0.306 e. The summed E-state index contributed by atoms with van der Waals surface area (Å²) in [4.78, 5) is 19.1. The quantitative estimate of drug-likeness (QED) is 0.657. The lowest BCUT2D eigenvalue weighted by molar-refractivity contribution is 0.0985. The van der Waals surface area contributed by atoms with Gasteiger partial charge >= 0.3 is 0 Å². The highest BCUT2D eigenvalue weighted by Crippen LogP contribution is 2.31. The third kappa shape index (κ3) is 2.20. The molecule has 0 radical (unpaired) electrons. The minimum atomic E-state index is -0.0353. The van der Waals surface area contributed by atoms with E-state index in [1.807, 2.05) is 53.4 Å². The summed E-state index contributed by atoms with van der Waals surface area (Å²) in [6.07, 6.45) is 0.883. The van der Waals surface area contributed by atoms with Crippen molar-refractivity contribution in [1.82, 2.24) is 4.98 Å². The first-order chi connectivity index (χ1) is 10.7. The summed E-state index contributed by atoms with van der Waals surface area (Å²) < 4.78 is 1.05. The van der Waals surface area contributed by atoms with Gasteiger partial charge in [0.2, 0.25) is 0 Å². The van der Waals surface area contributed by atoms with E-state index in [2.05, 4.69) is 27.0 Å². The van der Waals surface area contributed by atoms with Crippen LogP contribution < -0.4 is 4.90 Å². The first kappa shape index (κ1) is 13.5. The van der Waals surface area contributed by atoms with Crippen LogP contribution in [-0.2, 0) is 6.42 Å². The third-order valence-electron chi connectivity index (χ3n) is 4.00. The van der Waals surface area contributed by atoms with Gasteiger partial charge in [-0.05, 0) is 42.3 Å². The lowest BCUT2D eigenvalue weighted by atomic mass is 10.1. The van der Waals surface area contributed by atoms with Crippen molar-refractivity contribution in [2.24, 2.45) is 0 Å². The number of fused-ring (bicyclic) bond motifs is 2. The number of amides is 1. The Morgan fingerprint density at radius 1 is 1.09 bits per heavy atom. The fraction of sp³-hybridized carbons (Fsp3) is 0.111. The van der Waals surface area contributed by atoms with Crippen LogP contribution >= 0.6 is 15.9 Å². The third-order valence-corrected chi connectivity index (χ3v) is 4.49. The van der Waals surface area contributed by atoms with Crippen molar-refractivity contribution in [2.75, 3.05) is 11.4 Å². The minimum absolute atomic E-state index is 0.0353. The summed E-state index contributed by atoms with van der Waals surface area (Å²) in [5, 5.41) is 1.05. The molecule has 0 N–H and O–H groups in total. The standard InChI is InChI=1S/C18H13BrN2O/c19-14-6-8-17-13(11-14)9-10-21(17)18(22)16-7-5-12-3-1-2-4-15(12)20-16/h1-8,11H,9-10H2. The van der Waals surface area contributed by atoms with Crippen molar-refractivity contribution in [2.45, 2.75) is 6.42 Å². The van der Waals surface area contributed by atoms with E-state index in [1.165, 1.54) is 5.56 Å². The number of rotatable bonds is 1. The Kier molecular flexibility index (Phi) is 3.19. The molecule has 0 unspecified atom stereocenters. The van der Waals surface area contributed by atoms with Crippen LogP contribution in [0.15, 0.2) is 59.1 Å². The molecule has 3 nitrogen and oxygen atoms in total. The summed E-state index contributed by atoms with van der Waals surface area (Å²) >= 11 is 3.48. The number of aromatic nitrogens is 1. The molecule has 2 heterocycles. The maximum absolute atomic E-state index is 12.8. The van der Waals surface area contributed by atoms with Crippen LogP contribution in [0.1, 0.15) is 16.1 Å². The molecular formula is C18H13BrN2O. The zero-order valence-electron chi connectivity index (χ0n) is 11.8. The molecule has 1 aromatic heterocycles. The predicted molar refractivity (Wildman–Crippen MR) is 91.3 cm³/mol. The second-order valence-electron chi connectivity index (χ2n) is 5.37. The number of carbonyl (C=O) groups is 1. The van der Waals surface area contributed by atoms with E-state index in [0.29, 0.717) is 12.2 Å². The molecule has 0 bridgehead atoms. The molecule has 3 aromatic rings. The molecule has 4 rings (SSSR count). The van der Waals surface area contributed by atoms with Crippen LogP contribution in [-0.4, -0.2) is 17.4 Å². The van der Waals surface area contributed by atoms with E-state index in [0.717, 1.165) is 27.5 Å². The molecule has 0 spiro atoms. The zero-order valence-corrected chi connectivity index (χ0v) is 13.4. The van der Waals surface area contributed by atoms with Crippen molar-refractivity contribution in [3.63, 3.8) is 0 Å². The second-order valence-corrected chi connectivity index (χ2v) is 6.28. The maximum Gasteiger partial charge on any atom is 0.276 e. The van der Waals surface area contributed by atoms with Gasteiger partial charge in [-0.1, -0.05) is 40.2 Å². The molecular weight excluding hydrogens is 340 g/mol. The largest absolute Gasteiger partial charge is 0.306 e. The Morgan fingerprint density at radius 2 is 1.95 bits per heavy atom. The SMILES string of the molecule is O=C(c1ccc2ccccc2n1)N1CCc2cc(Br)ccc21. The van der Waals surface area contributed by atoms with Gasteiger partial charge in [-0.25, -0.2) is 4.98 Å². The number of carbonyl (C=O) groups excluding carboxylic acids is 1. The van der Waals surface area contributed by atoms with Gasteiger partial charge in [-0.15, -0.1) is 0 Å². The molecule has 108 valence electrons. The summed E-state index contributed by atoms with van der Waals surface area (Å²) in [5.41, 5.74) is 3.53. The molecule has 22 heavy (non-hydrogen) atoms. The number of hydrogen-bond donors (Lipinski definition) is 0. The Labute approximate surface area is 136 Å². The molecule has 1 amide bonds. The van der Waals surface area contributed by atoms with E-state index in [1.54, 1.807) is 0 Å². The van der Waals surface area contributed by atoms with Crippen LogP contribution in [0.3, 0.4) is 0 Å². The topological polar surface area (TPSA) is 33.2 Å². The van der Waals surface area contributed by atoms with Gasteiger partial charge in [0.15, 0.2) is 0 Å². The van der Waals surface area contributed by atoms with Crippen LogP contribution in [0, 0.1) is 0 Å². The average Bonchev–Trinajstić information content (AvgIpc) is 2.96. The number of hydrogen-bond acceptors (Lipinski definition) is 2. The Morgan fingerprint density at radius 3 is 2.86 bits per heavy atom. The molecule has 0 fully saturated rings. The molecule has 2 aromatic carbocycles. The van der Waals surface area contributed by atoms with Crippen molar-refractivity contribution in [3.8, 4) is 0 Å². The van der Waals surface area contributed by atoms with Gasteiger partial charge in [0.1, 0.15) is 5.69 Å². The van der Waals surface area contributed by atoms with Crippen molar-refractivity contribution in [1.29, 1.82) is 0 Å². The number of halogens is 1. The normalized spacial score (nSPS) is 13.4. The second kappa shape index (κ2) is 5.21. The van der Waals surface area contributed by atoms with E-state index < -0.39 is 0 Å². The fourth-order valence-electron chi connectivity index (χ4n) is 2.90. The highest BCUT2D eigenvalue weighted by molar-refractivity contribution is 9.10. The molecule has 4 heteroatoms. The van der Waals surface area contributed by atoms with Crippen molar-refractivity contribution >= 4 is 38.4 Å². The van der Waals surface area contributed by atoms with Gasteiger partial charge < -0.3 is 4.90 Å². The molecule has 0 aliphatic carbocycles. The number of nitrogens with zero attached hydrogens (tertiary/aromatic N) is 2. The van der Waals surface area contributed by atoms with Crippen LogP contribution in [0.2, 0.25) is 0 Å². The van der Waals surface area contributed by atoms with Crippen molar-refractivity contribution < 1.29 is 4.79 Å². The number of para-hydroxylation sites is 1. The first-order valence-electron chi connectivity index (χ1n) is 7.18. The lowest BCUT2D eigenvalue weighted by Gasteiger charge is -2.17. The van der Waals surface area contributed by atoms with Gasteiger partial charge in [0, 0.05) is 22.1 Å². The van der Waals surface area contributed by atoms with Gasteiger partial charge in [-0.3, -0.25) is 4.79 Å². The highest BCUT2D eigenvalue weighted by Gasteiger charge is 2.26. The fourth-order valence-corrected chi connectivity index (χ4v) is 3.31. The molecule has 1 aliphatic heterocycles. The summed E-state index contributed by atoms with van der Waals surface area (Å²) in [6.45, 7) is 0.707. The maximum atomic E-state index is 12.8. The van der Waals surface area contributed by atoms with E-state index >= 15 is 0 Å². The Hall–Kier alpha value is -2.20. The predicted octanol–water partition coefficient (Wildman–Crippen LogP) is 4.20. The molecule has 1 aliphatic rings. The first-order valence-corrected chi connectivity index (χ1v) is 7.98. The number of benzene rings is 2. The molecule has 0 saturated carbocycles. The van der Waals surface area contributed by atoms with Gasteiger partial charge in [0.25, 0.3) is 5.91 Å². The molecule has 0 saturated heterocycles. The summed E-state index contributed by atoms with van der Waals surface area (Å²) in [7, 11) is 0. The summed E-state index contributed by atoms with van der Waals surface area (Å²) in [5.74, 6) is -0.0353. The number of anilines is 1. The van der Waals surface area contributed by atoms with E-state index in [4.69, 9.17) is 0 Å². The van der Waals surface area contributed by atoms with E-state index in [-0.39, 0.29) is 5.91 Å². The monoisotopic (exact) mass is 352 g/mol. The Balaban J connectivity index is 1.73. The van der Waals surface area contributed by atoms with Gasteiger partial charge in [0.05, 0.1) is 5.52 Å². The summed E-state index contributed by atoms with van der Waals surface area (Å²) in [6, 6.07) is 17.6. The lowest BCUT2D eigenvalue weighted by Crippen LogP contribution is -2.29. The van der Waals surface area contributed by atoms with E-state index in [9.17, 15) is 4.79 Å².